The Balaban J connectivity index is 1.56. The number of ether oxygens (including phenoxy) is 2. The van der Waals surface area contributed by atoms with E-state index in [1.807, 2.05) is 0 Å². The van der Waals surface area contributed by atoms with E-state index >= 15 is 0 Å². The van der Waals surface area contributed by atoms with Crippen molar-refractivity contribution in [2.75, 3.05) is 26.4 Å². The van der Waals surface area contributed by atoms with Gasteiger partial charge in [0.05, 0.1) is 12.2 Å². The summed E-state index contributed by atoms with van der Waals surface area (Å²) < 4.78 is 10.2. The Bertz CT molecular complexity index is 372. The topological polar surface area (TPSA) is 93.1 Å². The SMILES string of the molecule is O=C1COCCC1CCC(O)CCC(O)CCC1CCOCC1=O. The molecular weight excluding hydrogens is 312 g/mol. The molecule has 2 aliphatic rings. The third-order valence-electron chi connectivity index (χ3n) is 5.15. The fourth-order valence-electron chi connectivity index (χ4n) is 3.43. The lowest BCUT2D eigenvalue weighted by Gasteiger charge is -2.23. The lowest BCUT2D eigenvalue weighted by atomic mass is 9.90. The summed E-state index contributed by atoms with van der Waals surface area (Å²) in [6, 6.07) is 0. The normalized spacial score (nSPS) is 27.9. The molecule has 0 radical (unpaired) electrons. The third-order valence-corrected chi connectivity index (χ3v) is 5.15. The van der Waals surface area contributed by atoms with E-state index in [1.165, 1.54) is 0 Å². The quantitative estimate of drug-likeness (QED) is 0.655. The van der Waals surface area contributed by atoms with Crippen molar-refractivity contribution in [1.82, 2.24) is 0 Å². The molecule has 6 nitrogen and oxygen atoms in total. The third kappa shape index (κ3) is 6.59. The van der Waals surface area contributed by atoms with Crippen LogP contribution in [0, 0.1) is 11.8 Å². The van der Waals surface area contributed by atoms with Gasteiger partial charge in [0.25, 0.3) is 0 Å². The lowest BCUT2D eigenvalue weighted by Crippen LogP contribution is -2.28. The van der Waals surface area contributed by atoms with Crippen molar-refractivity contribution in [3.63, 3.8) is 0 Å². The zero-order valence-electron chi connectivity index (χ0n) is 14.3. The maximum Gasteiger partial charge on any atom is 0.161 e. The second kappa shape index (κ2) is 10.2. The van der Waals surface area contributed by atoms with Crippen molar-refractivity contribution >= 4 is 11.6 Å². The molecule has 0 amide bonds. The minimum Gasteiger partial charge on any atom is -0.393 e. The molecule has 2 fully saturated rings. The molecule has 0 bridgehead atoms. The molecule has 4 atom stereocenters. The maximum absolute atomic E-state index is 11.7. The minimum absolute atomic E-state index is 0.0119. The van der Waals surface area contributed by atoms with Gasteiger partial charge in [0.2, 0.25) is 0 Å². The van der Waals surface area contributed by atoms with Crippen LogP contribution in [0.3, 0.4) is 0 Å². The van der Waals surface area contributed by atoms with Crippen LogP contribution < -0.4 is 0 Å². The number of carbonyl (C=O) groups is 2. The van der Waals surface area contributed by atoms with Crippen LogP contribution in [-0.4, -0.2) is 60.4 Å². The molecule has 2 heterocycles. The molecule has 0 saturated carbocycles. The van der Waals surface area contributed by atoms with Gasteiger partial charge in [-0.1, -0.05) is 0 Å². The lowest BCUT2D eigenvalue weighted by molar-refractivity contribution is -0.133. The Morgan fingerprint density at radius 2 is 1.21 bits per heavy atom. The van der Waals surface area contributed by atoms with E-state index < -0.39 is 12.2 Å². The number of hydrogen-bond donors (Lipinski definition) is 2. The second-order valence-electron chi connectivity index (χ2n) is 7.05. The zero-order chi connectivity index (χ0) is 17.4. The summed E-state index contributed by atoms with van der Waals surface area (Å²) in [5.41, 5.74) is 0. The van der Waals surface area contributed by atoms with Crippen LogP contribution >= 0.6 is 0 Å². The first-order chi connectivity index (χ1) is 11.6. The Labute approximate surface area is 143 Å². The van der Waals surface area contributed by atoms with Gasteiger partial charge in [-0.3, -0.25) is 9.59 Å². The van der Waals surface area contributed by atoms with E-state index in [0.29, 0.717) is 51.7 Å². The van der Waals surface area contributed by atoms with Gasteiger partial charge in [-0.2, -0.15) is 0 Å². The average Bonchev–Trinajstić information content (AvgIpc) is 2.58. The molecule has 2 rings (SSSR count). The van der Waals surface area contributed by atoms with Crippen LogP contribution in [0.4, 0.5) is 0 Å². The van der Waals surface area contributed by atoms with Crippen LogP contribution in [0.2, 0.25) is 0 Å². The molecular formula is C18H30O6. The number of rotatable bonds is 9. The fourth-order valence-corrected chi connectivity index (χ4v) is 3.43. The van der Waals surface area contributed by atoms with Crippen molar-refractivity contribution in [2.45, 2.75) is 63.6 Å². The first kappa shape index (κ1) is 19.5. The van der Waals surface area contributed by atoms with Crippen molar-refractivity contribution in [1.29, 1.82) is 0 Å². The Kier molecular flexibility index (Phi) is 8.32. The van der Waals surface area contributed by atoms with E-state index in [4.69, 9.17) is 9.47 Å². The maximum atomic E-state index is 11.7. The molecule has 2 saturated heterocycles. The van der Waals surface area contributed by atoms with Gasteiger partial charge in [0, 0.05) is 25.0 Å². The highest BCUT2D eigenvalue weighted by atomic mass is 16.5. The van der Waals surface area contributed by atoms with Gasteiger partial charge in [0.1, 0.15) is 13.2 Å². The van der Waals surface area contributed by atoms with Crippen molar-refractivity contribution in [2.24, 2.45) is 11.8 Å². The molecule has 138 valence electrons. The van der Waals surface area contributed by atoms with E-state index in [2.05, 4.69) is 0 Å². The average molecular weight is 342 g/mol. The van der Waals surface area contributed by atoms with E-state index in [-0.39, 0.29) is 36.6 Å². The van der Waals surface area contributed by atoms with Gasteiger partial charge in [-0.15, -0.1) is 0 Å². The zero-order valence-corrected chi connectivity index (χ0v) is 14.3. The number of aliphatic hydroxyl groups is 2. The first-order valence-corrected chi connectivity index (χ1v) is 9.13. The number of Topliss-reactive ketones (excluding diaryl/α,β-unsaturated/α-hetero) is 2. The fraction of sp³-hybridized carbons (Fsp3) is 0.889. The smallest absolute Gasteiger partial charge is 0.161 e. The summed E-state index contributed by atoms with van der Waals surface area (Å²) in [4.78, 5) is 23.3. The van der Waals surface area contributed by atoms with Crippen molar-refractivity contribution < 1.29 is 29.3 Å². The molecule has 0 aromatic rings. The first-order valence-electron chi connectivity index (χ1n) is 9.13. The Morgan fingerprint density at radius 3 is 1.58 bits per heavy atom. The summed E-state index contributed by atoms with van der Waals surface area (Å²) in [7, 11) is 0. The molecule has 0 aliphatic carbocycles. The highest BCUT2D eigenvalue weighted by molar-refractivity contribution is 5.83. The highest BCUT2D eigenvalue weighted by Gasteiger charge is 2.25. The van der Waals surface area contributed by atoms with Gasteiger partial charge in [-0.05, 0) is 51.4 Å². The van der Waals surface area contributed by atoms with E-state index in [0.717, 1.165) is 12.8 Å². The number of hydrogen-bond acceptors (Lipinski definition) is 6. The summed E-state index contributed by atoms with van der Waals surface area (Å²) in [6.45, 7) is 1.64. The Morgan fingerprint density at radius 1 is 0.792 bits per heavy atom. The molecule has 2 aliphatic heterocycles. The van der Waals surface area contributed by atoms with Gasteiger partial charge in [-0.25, -0.2) is 0 Å². The summed E-state index contributed by atoms with van der Waals surface area (Å²) in [6.07, 6.45) is 4.12. The molecule has 2 N–H and O–H groups in total. The van der Waals surface area contributed by atoms with E-state index in [9.17, 15) is 19.8 Å². The largest absolute Gasteiger partial charge is 0.393 e. The van der Waals surface area contributed by atoms with Gasteiger partial charge < -0.3 is 19.7 Å². The molecule has 4 unspecified atom stereocenters. The van der Waals surface area contributed by atoms with Crippen LogP contribution in [0.25, 0.3) is 0 Å². The second-order valence-corrected chi connectivity index (χ2v) is 7.05. The number of carbonyl (C=O) groups excluding carboxylic acids is 2. The molecule has 24 heavy (non-hydrogen) atoms. The number of ketones is 2. The molecule has 0 aromatic heterocycles. The summed E-state index contributed by atoms with van der Waals surface area (Å²) in [5.74, 6) is 0.292. The standard InChI is InChI=1S/C18H30O6/c19-15(3-1-13-7-9-23-11-17(13)21)5-6-16(20)4-2-14-8-10-24-12-18(14)22/h13-16,19-20H,1-12H2. The van der Waals surface area contributed by atoms with E-state index in [1.54, 1.807) is 0 Å². The van der Waals surface area contributed by atoms with Crippen LogP contribution in [-0.2, 0) is 19.1 Å². The Hall–Kier alpha value is -0.820. The highest BCUT2D eigenvalue weighted by Crippen LogP contribution is 2.22. The summed E-state index contributed by atoms with van der Waals surface area (Å²) >= 11 is 0. The predicted octanol–water partition coefficient (Wildman–Crippen LogP) is 1.26. The summed E-state index contributed by atoms with van der Waals surface area (Å²) in [5, 5.41) is 20.1. The predicted molar refractivity (Wildman–Crippen MR) is 87.6 cm³/mol. The van der Waals surface area contributed by atoms with Gasteiger partial charge in [0.15, 0.2) is 11.6 Å². The molecule has 0 spiro atoms. The van der Waals surface area contributed by atoms with Crippen molar-refractivity contribution in [3.05, 3.63) is 0 Å². The minimum atomic E-state index is -0.486. The van der Waals surface area contributed by atoms with Crippen molar-refractivity contribution in [3.8, 4) is 0 Å². The van der Waals surface area contributed by atoms with Crippen LogP contribution in [0.5, 0.6) is 0 Å². The number of aliphatic hydroxyl groups excluding tert-OH is 2. The van der Waals surface area contributed by atoms with Crippen LogP contribution in [0.1, 0.15) is 51.4 Å². The molecule has 0 aromatic carbocycles. The monoisotopic (exact) mass is 342 g/mol. The van der Waals surface area contributed by atoms with Crippen LogP contribution in [0.15, 0.2) is 0 Å². The van der Waals surface area contributed by atoms with Gasteiger partial charge >= 0.3 is 0 Å². The molecule has 6 heteroatoms.